The number of hydrogen-bond donors (Lipinski definition) is 3. The Morgan fingerprint density at radius 2 is 2.12 bits per heavy atom. The molecule has 0 amide bonds. The molecule has 144 valence electrons. The molecule has 2 rings (SSSR count). The summed E-state index contributed by atoms with van der Waals surface area (Å²) in [5, 5.41) is 16.8. The predicted octanol–water partition coefficient (Wildman–Crippen LogP) is 3.80. The zero-order valence-corrected chi connectivity index (χ0v) is 18.7. The van der Waals surface area contributed by atoms with E-state index in [0.29, 0.717) is 29.3 Å². The van der Waals surface area contributed by atoms with Crippen LogP contribution in [0.2, 0.25) is 0 Å². The second-order valence-electron chi connectivity index (χ2n) is 5.87. The molecular formula is C18H24BrFIN3O2. The van der Waals surface area contributed by atoms with E-state index < -0.39 is 5.60 Å². The minimum atomic E-state index is -1.17. The highest BCUT2D eigenvalue weighted by molar-refractivity contribution is 14.0. The van der Waals surface area contributed by atoms with Gasteiger partial charge in [-0.25, -0.2) is 9.38 Å². The molecular weight excluding hydrogens is 516 g/mol. The lowest BCUT2D eigenvalue weighted by atomic mass is 10.0. The molecule has 1 aromatic carbocycles. The molecule has 0 radical (unpaired) electrons. The fourth-order valence-corrected chi connectivity index (χ4v) is 2.68. The van der Waals surface area contributed by atoms with Crippen LogP contribution in [0.15, 0.2) is 50.5 Å². The van der Waals surface area contributed by atoms with E-state index in [9.17, 15) is 9.50 Å². The molecule has 26 heavy (non-hydrogen) atoms. The maximum absolute atomic E-state index is 13.3. The summed E-state index contributed by atoms with van der Waals surface area (Å²) in [4.78, 5) is 4.42. The summed E-state index contributed by atoms with van der Waals surface area (Å²) < 4.78 is 19.0. The highest BCUT2D eigenvalue weighted by atomic mass is 127. The smallest absolute Gasteiger partial charge is 0.191 e. The van der Waals surface area contributed by atoms with Crippen LogP contribution < -0.4 is 10.6 Å². The first-order valence-corrected chi connectivity index (χ1v) is 8.94. The lowest BCUT2D eigenvalue weighted by Crippen LogP contribution is -2.39. The highest BCUT2D eigenvalue weighted by Gasteiger charge is 2.26. The average molecular weight is 540 g/mol. The fraction of sp³-hybridized carbons (Fsp3) is 0.389. The topological polar surface area (TPSA) is 69.8 Å². The van der Waals surface area contributed by atoms with Crippen molar-refractivity contribution in [2.75, 3.05) is 19.6 Å². The number of benzene rings is 1. The Balaban J connectivity index is 0.00000338. The van der Waals surface area contributed by atoms with Crippen molar-refractivity contribution < 1.29 is 13.9 Å². The standard InChI is InChI=1S/C18H23BrFN3O2.HI/c1-3-21-17(23-12-18(2,24)16-5-4-10-25-16)22-9-8-13-6-7-15(20)14(19)11-13;/h4-7,10-11,24H,3,8-9,12H2,1-2H3,(H2,21,22,23);1H. The van der Waals surface area contributed by atoms with Gasteiger partial charge >= 0.3 is 0 Å². The number of guanidine groups is 1. The molecule has 5 nitrogen and oxygen atoms in total. The normalized spacial score (nSPS) is 13.7. The summed E-state index contributed by atoms with van der Waals surface area (Å²) in [5.41, 5.74) is -0.160. The molecule has 0 bridgehead atoms. The van der Waals surface area contributed by atoms with Gasteiger partial charge in [0.25, 0.3) is 0 Å². The summed E-state index contributed by atoms with van der Waals surface area (Å²) in [6.07, 6.45) is 2.25. The molecule has 0 saturated carbocycles. The number of halogens is 3. The predicted molar refractivity (Wildman–Crippen MR) is 115 cm³/mol. The zero-order valence-electron chi connectivity index (χ0n) is 14.8. The maximum atomic E-state index is 13.3. The maximum Gasteiger partial charge on any atom is 0.191 e. The average Bonchev–Trinajstić information content (AvgIpc) is 3.11. The molecule has 0 saturated heterocycles. The largest absolute Gasteiger partial charge is 0.466 e. The van der Waals surface area contributed by atoms with Gasteiger partial charge in [0.05, 0.1) is 17.3 Å². The first-order valence-electron chi connectivity index (χ1n) is 8.15. The van der Waals surface area contributed by atoms with Gasteiger partial charge in [-0.1, -0.05) is 6.07 Å². The first kappa shape index (κ1) is 22.9. The summed E-state index contributed by atoms with van der Waals surface area (Å²) in [7, 11) is 0. The SMILES string of the molecule is CCNC(=NCC(C)(O)c1ccco1)NCCc1ccc(F)c(Br)c1.I. The first-order chi connectivity index (χ1) is 11.9. The number of furan rings is 1. The molecule has 0 fully saturated rings. The van der Waals surface area contributed by atoms with Gasteiger partial charge in [0.15, 0.2) is 5.96 Å². The second-order valence-corrected chi connectivity index (χ2v) is 6.73. The molecule has 1 heterocycles. The van der Waals surface area contributed by atoms with Crippen LogP contribution in [0.1, 0.15) is 25.2 Å². The van der Waals surface area contributed by atoms with Crippen molar-refractivity contribution >= 4 is 45.9 Å². The number of nitrogens with zero attached hydrogens (tertiary/aromatic N) is 1. The number of aliphatic hydroxyl groups is 1. The second kappa shape index (κ2) is 10.9. The quantitative estimate of drug-likeness (QED) is 0.284. The minimum absolute atomic E-state index is 0. The van der Waals surface area contributed by atoms with Crippen molar-refractivity contribution in [3.63, 3.8) is 0 Å². The van der Waals surface area contributed by atoms with Gasteiger partial charge in [0.2, 0.25) is 0 Å². The van der Waals surface area contributed by atoms with E-state index >= 15 is 0 Å². The molecule has 0 aliphatic carbocycles. The Labute approximate surface area is 178 Å². The molecule has 1 aromatic heterocycles. The van der Waals surface area contributed by atoms with E-state index in [-0.39, 0.29) is 36.3 Å². The summed E-state index contributed by atoms with van der Waals surface area (Å²) in [5.74, 6) is 0.811. The van der Waals surface area contributed by atoms with Crippen LogP contribution in [-0.4, -0.2) is 30.7 Å². The van der Waals surface area contributed by atoms with Crippen LogP contribution in [0.5, 0.6) is 0 Å². The van der Waals surface area contributed by atoms with Crippen molar-refractivity contribution in [1.82, 2.24) is 10.6 Å². The lowest BCUT2D eigenvalue weighted by molar-refractivity contribution is 0.0437. The summed E-state index contributed by atoms with van der Waals surface area (Å²) >= 11 is 3.19. The molecule has 1 atom stereocenters. The van der Waals surface area contributed by atoms with Crippen molar-refractivity contribution in [1.29, 1.82) is 0 Å². The Hall–Kier alpha value is -1.13. The third-order valence-corrected chi connectivity index (χ3v) is 4.24. The third-order valence-electron chi connectivity index (χ3n) is 3.63. The monoisotopic (exact) mass is 539 g/mol. The van der Waals surface area contributed by atoms with Gasteiger partial charge in [-0.05, 0) is 66.0 Å². The van der Waals surface area contributed by atoms with E-state index in [1.807, 2.05) is 6.92 Å². The molecule has 0 spiro atoms. The molecule has 2 aromatic rings. The minimum Gasteiger partial charge on any atom is -0.466 e. The fourth-order valence-electron chi connectivity index (χ4n) is 2.26. The zero-order chi connectivity index (χ0) is 18.3. The van der Waals surface area contributed by atoms with Gasteiger partial charge in [-0.3, -0.25) is 0 Å². The van der Waals surface area contributed by atoms with E-state index in [1.54, 1.807) is 31.2 Å². The molecule has 0 aliphatic heterocycles. The van der Waals surface area contributed by atoms with Crippen molar-refractivity contribution in [2.45, 2.75) is 25.9 Å². The molecule has 1 unspecified atom stereocenters. The van der Waals surface area contributed by atoms with Crippen LogP contribution in [0.3, 0.4) is 0 Å². The van der Waals surface area contributed by atoms with E-state index in [0.717, 1.165) is 12.0 Å². The van der Waals surface area contributed by atoms with E-state index in [1.165, 1.54) is 12.3 Å². The van der Waals surface area contributed by atoms with Crippen molar-refractivity contribution in [2.24, 2.45) is 4.99 Å². The molecule has 3 N–H and O–H groups in total. The highest BCUT2D eigenvalue weighted by Crippen LogP contribution is 2.21. The Bertz CT molecular complexity index is 708. The Kier molecular flexibility index (Phi) is 9.59. The van der Waals surface area contributed by atoms with Gasteiger partial charge in [-0.15, -0.1) is 24.0 Å². The number of nitrogens with one attached hydrogen (secondary N) is 2. The lowest BCUT2D eigenvalue weighted by Gasteiger charge is -2.19. The van der Waals surface area contributed by atoms with Crippen LogP contribution in [0.25, 0.3) is 0 Å². The number of rotatable bonds is 7. The van der Waals surface area contributed by atoms with E-state index in [4.69, 9.17) is 4.42 Å². The Morgan fingerprint density at radius 3 is 2.73 bits per heavy atom. The molecule has 0 aliphatic rings. The third kappa shape index (κ3) is 6.88. The van der Waals surface area contributed by atoms with E-state index in [2.05, 4.69) is 31.6 Å². The van der Waals surface area contributed by atoms with Crippen molar-refractivity contribution in [3.05, 3.63) is 58.2 Å². The van der Waals surface area contributed by atoms with Crippen LogP contribution in [0, 0.1) is 5.82 Å². The van der Waals surface area contributed by atoms with Crippen LogP contribution in [-0.2, 0) is 12.0 Å². The van der Waals surface area contributed by atoms with Crippen molar-refractivity contribution in [3.8, 4) is 0 Å². The number of aliphatic imine (C=N–C) groups is 1. The van der Waals surface area contributed by atoms with Gasteiger partial charge in [0, 0.05) is 13.1 Å². The Morgan fingerprint density at radius 1 is 1.35 bits per heavy atom. The molecule has 8 heteroatoms. The number of hydrogen-bond acceptors (Lipinski definition) is 3. The summed E-state index contributed by atoms with van der Waals surface area (Å²) in [6.45, 7) is 5.13. The van der Waals surface area contributed by atoms with Gasteiger partial charge < -0.3 is 20.2 Å². The van der Waals surface area contributed by atoms with Crippen LogP contribution >= 0.6 is 39.9 Å². The summed E-state index contributed by atoms with van der Waals surface area (Å²) in [6, 6.07) is 8.43. The van der Waals surface area contributed by atoms with Gasteiger partial charge in [-0.2, -0.15) is 0 Å². The van der Waals surface area contributed by atoms with Crippen LogP contribution in [0.4, 0.5) is 4.39 Å². The van der Waals surface area contributed by atoms with Gasteiger partial charge in [0.1, 0.15) is 17.2 Å².